The largest absolute Gasteiger partial charge is 0.493 e. The van der Waals surface area contributed by atoms with Crippen LogP contribution in [-0.2, 0) is 4.79 Å². The quantitative estimate of drug-likeness (QED) is 0.508. The topological polar surface area (TPSA) is 89.8 Å². The van der Waals surface area contributed by atoms with Crippen molar-refractivity contribution in [3.05, 3.63) is 47.5 Å². The molecule has 1 amide bonds. The number of nitrogens with one attached hydrogen (secondary N) is 1. The summed E-state index contributed by atoms with van der Waals surface area (Å²) >= 11 is 0. The lowest BCUT2D eigenvalue weighted by atomic mass is 10.1. The van der Waals surface area contributed by atoms with Crippen molar-refractivity contribution >= 4 is 17.7 Å². The van der Waals surface area contributed by atoms with Gasteiger partial charge >= 0.3 is 0 Å². The minimum atomic E-state index is -0.536. The molecular formula is C22H24N2O5. The highest BCUT2D eigenvalue weighted by Gasteiger charge is 2.13. The standard InChI is InChI=1S/C22H24N2O5/c1-5-10-29-21-12-15(6-8-19(21)27-3)11-16(14-23)22(25)24-17-7-9-18(26-2)20(13-17)28-4/h6-9,11-13H,5,10H2,1-4H3,(H,24,25)/b16-11+. The van der Waals surface area contributed by atoms with Gasteiger partial charge in [-0.3, -0.25) is 4.79 Å². The third kappa shape index (κ3) is 5.66. The summed E-state index contributed by atoms with van der Waals surface area (Å²) in [5.41, 5.74) is 1.08. The minimum Gasteiger partial charge on any atom is -0.493 e. The maximum atomic E-state index is 12.6. The van der Waals surface area contributed by atoms with E-state index in [9.17, 15) is 10.1 Å². The van der Waals surface area contributed by atoms with E-state index >= 15 is 0 Å². The number of methoxy groups -OCH3 is 3. The Morgan fingerprint density at radius 2 is 1.66 bits per heavy atom. The number of carbonyl (C=O) groups excluding carboxylic acids is 1. The van der Waals surface area contributed by atoms with Crippen molar-refractivity contribution in [3.8, 4) is 29.1 Å². The Balaban J connectivity index is 2.25. The summed E-state index contributed by atoms with van der Waals surface area (Å²) in [7, 11) is 4.59. The molecule has 0 radical (unpaired) electrons. The van der Waals surface area contributed by atoms with Crippen LogP contribution in [0, 0.1) is 11.3 Å². The number of carbonyl (C=O) groups is 1. The maximum absolute atomic E-state index is 12.6. The van der Waals surface area contributed by atoms with E-state index in [1.807, 2.05) is 13.0 Å². The summed E-state index contributed by atoms with van der Waals surface area (Å²) < 4.78 is 21.4. The zero-order valence-electron chi connectivity index (χ0n) is 16.9. The van der Waals surface area contributed by atoms with E-state index in [0.717, 1.165) is 6.42 Å². The van der Waals surface area contributed by atoms with Crippen molar-refractivity contribution in [2.45, 2.75) is 13.3 Å². The highest BCUT2D eigenvalue weighted by atomic mass is 16.5. The molecule has 0 aliphatic heterocycles. The summed E-state index contributed by atoms with van der Waals surface area (Å²) in [6.07, 6.45) is 2.34. The van der Waals surface area contributed by atoms with E-state index in [1.165, 1.54) is 20.3 Å². The lowest BCUT2D eigenvalue weighted by molar-refractivity contribution is -0.112. The lowest BCUT2D eigenvalue weighted by Crippen LogP contribution is -2.13. The van der Waals surface area contributed by atoms with E-state index in [4.69, 9.17) is 18.9 Å². The predicted molar refractivity (Wildman–Crippen MR) is 111 cm³/mol. The Bertz CT molecular complexity index is 931. The summed E-state index contributed by atoms with van der Waals surface area (Å²) in [6.45, 7) is 2.54. The van der Waals surface area contributed by atoms with E-state index < -0.39 is 5.91 Å². The summed E-state index contributed by atoms with van der Waals surface area (Å²) in [4.78, 5) is 12.6. The van der Waals surface area contributed by atoms with Gasteiger partial charge in [-0.2, -0.15) is 5.26 Å². The number of rotatable bonds is 9. The Morgan fingerprint density at radius 1 is 1.00 bits per heavy atom. The number of hydrogen-bond acceptors (Lipinski definition) is 6. The molecule has 2 aromatic rings. The number of benzene rings is 2. The third-order valence-corrected chi connectivity index (χ3v) is 3.97. The highest BCUT2D eigenvalue weighted by molar-refractivity contribution is 6.09. The number of hydrogen-bond donors (Lipinski definition) is 1. The Labute approximate surface area is 170 Å². The van der Waals surface area contributed by atoms with Crippen LogP contribution in [0.5, 0.6) is 23.0 Å². The molecule has 0 aliphatic carbocycles. The first-order valence-corrected chi connectivity index (χ1v) is 9.02. The average molecular weight is 396 g/mol. The van der Waals surface area contributed by atoms with Crippen molar-refractivity contribution in [1.29, 1.82) is 5.26 Å². The number of anilines is 1. The van der Waals surface area contributed by atoms with Gasteiger partial charge in [0.05, 0.1) is 27.9 Å². The van der Waals surface area contributed by atoms with Crippen LogP contribution < -0.4 is 24.3 Å². The molecule has 0 aromatic heterocycles. The molecule has 0 aliphatic rings. The van der Waals surface area contributed by atoms with Crippen LogP contribution in [0.4, 0.5) is 5.69 Å². The number of nitriles is 1. The highest BCUT2D eigenvalue weighted by Crippen LogP contribution is 2.31. The van der Waals surface area contributed by atoms with E-state index in [1.54, 1.807) is 43.5 Å². The normalized spacial score (nSPS) is 10.7. The fraction of sp³-hybridized carbons (Fsp3) is 0.273. The smallest absolute Gasteiger partial charge is 0.266 e. The van der Waals surface area contributed by atoms with Gasteiger partial charge < -0.3 is 24.3 Å². The molecule has 0 saturated heterocycles. The third-order valence-electron chi connectivity index (χ3n) is 3.97. The average Bonchev–Trinajstić information content (AvgIpc) is 2.75. The molecule has 2 rings (SSSR count). The molecule has 152 valence electrons. The number of ether oxygens (including phenoxy) is 4. The Kier molecular flexibility index (Phi) is 7.92. The van der Waals surface area contributed by atoms with Crippen LogP contribution in [0.1, 0.15) is 18.9 Å². The van der Waals surface area contributed by atoms with Crippen LogP contribution in [0.3, 0.4) is 0 Å². The predicted octanol–water partition coefficient (Wildman–Crippen LogP) is 4.05. The monoisotopic (exact) mass is 396 g/mol. The molecule has 1 N–H and O–H groups in total. The van der Waals surface area contributed by atoms with Crippen molar-refractivity contribution in [2.75, 3.05) is 33.3 Å². The molecule has 7 nitrogen and oxygen atoms in total. The number of amides is 1. The zero-order valence-corrected chi connectivity index (χ0v) is 16.9. The molecular weight excluding hydrogens is 372 g/mol. The lowest BCUT2D eigenvalue weighted by Gasteiger charge is -2.11. The second-order valence-electron chi connectivity index (χ2n) is 5.95. The van der Waals surface area contributed by atoms with E-state index in [-0.39, 0.29) is 5.57 Å². The van der Waals surface area contributed by atoms with Gasteiger partial charge in [-0.1, -0.05) is 13.0 Å². The van der Waals surface area contributed by atoms with Crippen LogP contribution in [0.25, 0.3) is 6.08 Å². The molecule has 0 unspecified atom stereocenters. The summed E-state index contributed by atoms with van der Waals surface area (Å²) in [5, 5.41) is 12.1. The van der Waals surface area contributed by atoms with Gasteiger partial charge in [0.15, 0.2) is 23.0 Å². The molecule has 0 saturated carbocycles. The first-order chi connectivity index (χ1) is 14.1. The molecule has 0 spiro atoms. The van der Waals surface area contributed by atoms with Gasteiger partial charge in [0.25, 0.3) is 5.91 Å². The van der Waals surface area contributed by atoms with Gasteiger partial charge in [-0.15, -0.1) is 0 Å². The Morgan fingerprint density at radius 3 is 2.28 bits per heavy atom. The summed E-state index contributed by atoms with van der Waals surface area (Å²) in [5.74, 6) is 1.62. The van der Waals surface area contributed by atoms with Crippen LogP contribution in [0.2, 0.25) is 0 Å². The van der Waals surface area contributed by atoms with Crippen LogP contribution in [-0.4, -0.2) is 33.8 Å². The fourth-order valence-corrected chi connectivity index (χ4v) is 2.54. The van der Waals surface area contributed by atoms with Gasteiger partial charge in [0.1, 0.15) is 11.6 Å². The van der Waals surface area contributed by atoms with Crippen molar-refractivity contribution in [3.63, 3.8) is 0 Å². The second kappa shape index (κ2) is 10.6. The second-order valence-corrected chi connectivity index (χ2v) is 5.95. The van der Waals surface area contributed by atoms with Gasteiger partial charge in [-0.05, 0) is 42.3 Å². The van der Waals surface area contributed by atoms with Crippen LogP contribution in [0.15, 0.2) is 42.0 Å². The SMILES string of the molecule is CCCOc1cc(/C=C(\C#N)C(=O)Nc2ccc(OC)c(OC)c2)ccc1OC. The maximum Gasteiger partial charge on any atom is 0.266 e. The van der Waals surface area contributed by atoms with E-state index in [2.05, 4.69) is 5.32 Å². The van der Waals surface area contributed by atoms with Crippen molar-refractivity contribution in [1.82, 2.24) is 0 Å². The molecule has 7 heteroatoms. The zero-order chi connectivity index (χ0) is 21.2. The molecule has 2 aromatic carbocycles. The van der Waals surface area contributed by atoms with E-state index in [0.29, 0.717) is 40.9 Å². The van der Waals surface area contributed by atoms with Crippen molar-refractivity contribution in [2.24, 2.45) is 0 Å². The fourth-order valence-electron chi connectivity index (χ4n) is 2.54. The molecule has 29 heavy (non-hydrogen) atoms. The first kappa shape index (κ1) is 21.6. The molecule has 0 fully saturated rings. The molecule has 0 heterocycles. The molecule has 0 bridgehead atoms. The van der Waals surface area contributed by atoms with Gasteiger partial charge in [0.2, 0.25) is 0 Å². The first-order valence-electron chi connectivity index (χ1n) is 9.02. The number of nitrogens with zero attached hydrogens (tertiary/aromatic N) is 1. The molecule has 0 atom stereocenters. The Hall–Kier alpha value is -3.66. The van der Waals surface area contributed by atoms with Gasteiger partial charge in [0, 0.05) is 11.8 Å². The summed E-state index contributed by atoms with van der Waals surface area (Å²) in [6, 6.07) is 12.1. The van der Waals surface area contributed by atoms with Crippen molar-refractivity contribution < 1.29 is 23.7 Å². The van der Waals surface area contributed by atoms with Gasteiger partial charge in [-0.25, -0.2) is 0 Å². The van der Waals surface area contributed by atoms with Crippen LogP contribution >= 0.6 is 0 Å². The minimum absolute atomic E-state index is 0.0496.